The van der Waals surface area contributed by atoms with Crippen LogP contribution in [0.2, 0.25) is 0 Å². The summed E-state index contributed by atoms with van der Waals surface area (Å²) in [6, 6.07) is 14.3. The molecule has 0 aliphatic heterocycles. The molecular formula is C20H30IN3OS. The van der Waals surface area contributed by atoms with E-state index in [-0.39, 0.29) is 24.0 Å². The first-order valence-electron chi connectivity index (χ1n) is 8.94. The third-order valence-electron chi connectivity index (χ3n) is 3.85. The Morgan fingerprint density at radius 1 is 1.12 bits per heavy atom. The molecule has 26 heavy (non-hydrogen) atoms. The summed E-state index contributed by atoms with van der Waals surface area (Å²) in [5.74, 6) is 1.26. The molecule has 144 valence electrons. The minimum absolute atomic E-state index is 0. The van der Waals surface area contributed by atoms with Crippen LogP contribution in [0.25, 0.3) is 0 Å². The normalized spacial score (nSPS) is 13.6. The van der Waals surface area contributed by atoms with Gasteiger partial charge in [-0.15, -0.1) is 35.3 Å². The molecule has 1 heterocycles. The number of halogens is 1. The van der Waals surface area contributed by atoms with Crippen molar-refractivity contribution in [3.05, 3.63) is 58.3 Å². The minimum atomic E-state index is -0.435. The van der Waals surface area contributed by atoms with Gasteiger partial charge in [-0.25, -0.2) is 0 Å². The maximum Gasteiger partial charge on any atom is 0.191 e. The molecule has 0 radical (unpaired) electrons. The maximum atomic E-state index is 10.2. The molecular weight excluding hydrogens is 457 g/mol. The maximum absolute atomic E-state index is 10.2. The molecule has 0 amide bonds. The number of hydrogen-bond acceptors (Lipinski definition) is 3. The van der Waals surface area contributed by atoms with Gasteiger partial charge in [0.15, 0.2) is 5.96 Å². The summed E-state index contributed by atoms with van der Waals surface area (Å²) in [6.45, 7) is 6.33. The van der Waals surface area contributed by atoms with Crippen LogP contribution < -0.4 is 10.6 Å². The van der Waals surface area contributed by atoms with Crippen molar-refractivity contribution in [2.75, 3.05) is 19.6 Å². The Hall–Kier alpha value is -1.12. The zero-order chi connectivity index (χ0) is 17.9. The second kappa shape index (κ2) is 13.1. The molecule has 0 fully saturated rings. The Labute approximate surface area is 178 Å². The second-order valence-electron chi connectivity index (χ2n) is 6.33. The molecule has 6 heteroatoms. The number of nitrogens with zero attached hydrogens (tertiary/aromatic N) is 1. The Morgan fingerprint density at radius 2 is 1.88 bits per heavy atom. The molecule has 3 N–H and O–H groups in total. The van der Waals surface area contributed by atoms with Crippen molar-refractivity contribution in [2.24, 2.45) is 10.9 Å². The van der Waals surface area contributed by atoms with Crippen molar-refractivity contribution in [3.63, 3.8) is 0 Å². The van der Waals surface area contributed by atoms with Gasteiger partial charge in [0.1, 0.15) is 0 Å². The minimum Gasteiger partial charge on any atom is -0.391 e. The van der Waals surface area contributed by atoms with E-state index >= 15 is 0 Å². The largest absolute Gasteiger partial charge is 0.391 e. The van der Waals surface area contributed by atoms with E-state index in [0.717, 1.165) is 31.0 Å². The average molecular weight is 487 g/mol. The molecule has 0 aliphatic carbocycles. The molecule has 2 rings (SSSR count). The lowest BCUT2D eigenvalue weighted by atomic mass is 10.1. The summed E-state index contributed by atoms with van der Waals surface area (Å²) >= 11 is 1.80. The third-order valence-corrected chi connectivity index (χ3v) is 4.75. The van der Waals surface area contributed by atoms with Gasteiger partial charge in [-0.1, -0.05) is 43.3 Å². The SMILES string of the molecule is CCNC(=NCC(C)Cc1cccs1)NCC(O)Cc1ccccc1.I. The van der Waals surface area contributed by atoms with Gasteiger partial charge in [0, 0.05) is 30.9 Å². The Morgan fingerprint density at radius 3 is 2.54 bits per heavy atom. The van der Waals surface area contributed by atoms with Crippen LogP contribution in [-0.2, 0) is 12.8 Å². The summed E-state index contributed by atoms with van der Waals surface area (Å²) in [5, 5.41) is 18.8. The summed E-state index contributed by atoms with van der Waals surface area (Å²) in [5.41, 5.74) is 1.14. The molecule has 0 spiro atoms. The van der Waals surface area contributed by atoms with Gasteiger partial charge in [0.2, 0.25) is 0 Å². The fourth-order valence-electron chi connectivity index (χ4n) is 2.60. The van der Waals surface area contributed by atoms with E-state index in [1.165, 1.54) is 4.88 Å². The summed E-state index contributed by atoms with van der Waals surface area (Å²) in [6.07, 6.45) is 1.26. The average Bonchev–Trinajstić information content (AvgIpc) is 3.11. The van der Waals surface area contributed by atoms with Crippen LogP contribution in [0.15, 0.2) is 52.8 Å². The number of aliphatic hydroxyl groups is 1. The highest BCUT2D eigenvalue weighted by atomic mass is 127. The monoisotopic (exact) mass is 487 g/mol. The highest BCUT2D eigenvalue weighted by Crippen LogP contribution is 2.14. The van der Waals surface area contributed by atoms with Crippen LogP contribution in [0.5, 0.6) is 0 Å². The fraction of sp³-hybridized carbons (Fsp3) is 0.450. The van der Waals surface area contributed by atoms with E-state index in [1.807, 2.05) is 37.3 Å². The van der Waals surface area contributed by atoms with E-state index in [0.29, 0.717) is 18.9 Å². The van der Waals surface area contributed by atoms with Crippen LogP contribution in [0.3, 0.4) is 0 Å². The highest BCUT2D eigenvalue weighted by molar-refractivity contribution is 14.0. The van der Waals surface area contributed by atoms with E-state index in [4.69, 9.17) is 0 Å². The number of hydrogen-bond donors (Lipinski definition) is 3. The molecule has 2 aromatic rings. The van der Waals surface area contributed by atoms with Gasteiger partial charge >= 0.3 is 0 Å². The zero-order valence-electron chi connectivity index (χ0n) is 15.5. The molecule has 4 nitrogen and oxygen atoms in total. The predicted molar refractivity (Wildman–Crippen MR) is 123 cm³/mol. The number of aliphatic imine (C=N–C) groups is 1. The highest BCUT2D eigenvalue weighted by Gasteiger charge is 2.08. The summed E-state index contributed by atoms with van der Waals surface area (Å²) < 4.78 is 0. The first-order chi connectivity index (χ1) is 12.2. The van der Waals surface area contributed by atoms with Gasteiger partial charge < -0.3 is 15.7 Å². The van der Waals surface area contributed by atoms with Gasteiger partial charge in [0.05, 0.1) is 6.10 Å². The van der Waals surface area contributed by atoms with Crippen molar-refractivity contribution in [1.29, 1.82) is 0 Å². The van der Waals surface area contributed by atoms with Crippen LogP contribution in [0, 0.1) is 5.92 Å². The van der Waals surface area contributed by atoms with Crippen molar-refractivity contribution < 1.29 is 5.11 Å². The molecule has 2 atom stereocenters. The summed E-state index contributed by atoms with van der Waals surface area (Å²) in [7, 11) is 0. The van der Waals surface area contributed by atoms with Gasteiger partial charge in [-0.05, 0) is 36.3 Å². The van der Waals surface area contributed by atoms with Crippen LogP contribution in [-0.4, -0.2) is 36.8 Å². The first-order valence-corrected chi connectivity index (χ1v) is 9.82. The Bertz CT molecular complexity index is 619. The second-order valence-corrected chi connectivity index (χ2v) is 7.36. The van der Waals surface area contributed by atoms with Crippen molar-refractivity contribution >= 4 is 41.3 Å². The first kappa shape index (κ1) is 22.9. The number of rotatable bonds is 9. The molecule has 1 aromatic heterocycles. The molecule has 0 saturated heterocycles. The number of aliphatic hydroxyl groups excluding tert-OH is 1. The smallest absolute Gasteiger partial charge is 0.191 e. The predicted octanol–water partition coefficient (Wildman–Crippen LogP) is 3.70. The van der Waals surface area contributed by atoms with Crippen molar-refractivity contribution in [3.8, 4) is 0 Å². The summed E-state index contributed by atoms with van der Waals surface area (Å²) in [4.78, 5) is 6.06. The molecule has 1 aromatic carbocycles. The van der Waals surface area contributed by atoms with Crippen LogP contribution in [0.4, 0.5) is 0 Å². The molecule has 0 saturated carbocycles. The lowest BCUT2D eigenvalue weighted by molar-refractivity contribution is 0.177. The Balaban J connectivity index is 0.00000338. The van der Waals surface area contributed by atoms with Crippen LogP contribution >= 0.6 is 35.3 Å². The topological polar surface area (TPSA) is 56.7 Å². The van der Waals surface area contributed by atoms with E-state index in [2.05, 4.69) is 40.1 Å². The number of thiophene rings is 1. The van der Waals surface area contributed by atoms with Crippen molar-refractivity contribution in [2.45, 2.75) is 32.8 Å². The molecule has 2 unspecified atom stereocenters. The van der Waals surface area contributed by atoms with E-state index < -0.39 is 6.10 Å². The third kappa shape index (κ3) is 9.00. The standard InChI is InChI=1S/C20H29N3OS.HI/c1-3-21-20(22-14-16(2)12-19-10-7-11-25-19)23-15-18(24)13-17-8-5-4-6-9-17;/h4-11,16,18,24H,3,12-15H2,1-2H3,(H2,21,22,23);1H. The molecule has 0 bridgehead atoms. The lowest BCUT2D eigenvalue weighted by Gasteiger charge is -2.16. The zero-order valence-corrected chi connectivity index (χ0v) is 18.7. The number of nitrogens with one attached hydrogen (secondary N) is 2. The number of guanidine groups is 1. The van der Waals surface area contributed by atoms with Gasteiger partial charge in [-0.2, -0.15) is 0 Å². The Kier molecular flexibility index (Phi) is 11.6. The van der Waals surface area contributed by atoms with Crippen molar-refractivity contribution in [1.82, 2.24) is 10.6 Å². The van der Waals surface area contributed by atoms with Crippen LogP contribution in [0.1, 0.15) is 24.3 Å². The van der Waals surface area contributed by atoms with E-state index in [9.17, 15) is 5.11 Å². The number of benzene rings is 1. The van der Waals surface area contributed by atoms with E-state index in [1.54, 1.807) is 11.3 Å². The fourth-order valence-corrected chi connectivity index (χ4v) is 3.47. The molecule has 0 aliphatic rings. The quantitative estimate of drug-likeness (QED) is 0.287. The van der Waals surface area contributed by atoms with Gasteiger partial charge in [-0.3, -0.25) is 4.99 Å². The lowest BCUT2D eigenvalue weighted by Crippen LogP contribution is -2.42. The van der Waals surface area contributed by atoms with Gasteiger partial charge in [0.25, 0.3) is 0 Å².